The summed E-state index contributed by atoms with van der Waals surface area (Å²) in [5.41, 5.74) is 1.56. The van der Waals surface area contributed by atoms with E-state index in [0.29, 0.717) is 17.1 Å². The van der Waals surface area contributed by atoms with E-state index in [-0.39, 0.29) is 5.76 Å². The van der Waals surface area contributed by atoms with Crippen LogP contribution in [0.2, 0.25) is 0 Å². The number of carbonyl (C=O) groups is 1. The Balaban J connectivity index is 2.26. The van der Waals surface area contributed by atoms with Gasteiger partial charge in [0.05, 0.1) is 27.6 Å². The number of ether oxygens (including phenoxy) is 3. The predicted molar refractivity (Wildman–Crippen MR) is 78.5 cm³/mol. The maximum atomic E-state index is 11.5. The molecule has 0 aliphatic rings. The van der Waals surface area contributed by atoms with Crippen LogP contribution in [-0.4, -0.2) is 27.3 Å². The maximum Gasteiger partial charge on any atom is 0.374 e. The molecule has 5 heteroatoms. The second kappa shape index (κ2) is 6.65. The molecule has 0 aliphatic carbocycles. The molecule has 2 aromatic rings. The molecule has 5 nitrogen and oxygen atoms in total. The van der Waals surface area contributed by atoms with E-state index in [0.717, 1.165) is 5.56 Å². The highest BCUT2D eigenvalue weighted by atomic mass is 16.5. The van der Waals surface area contributed by atoms with Crippen molar-refractivity contribution in [3.8, 4) is 11.5 Å². The average molecular weight is 288 g/mol. The van der Waals surface area contributed by atoms with Crippen LogP contribution in [-0.2, 0) is 4.74 Å². The Labute approximate surface area is 122 Å². The standard InChI is InChI=1S/C16H16O5/c1-18-13-7-5-11(10-14(13)19-2)4-6-12-8-9-21-15(12)16(17)20-3/h4-10H,1-3H3. The highest BCUT2D eigenvalue weighted by molar-refractivity contribution is 5.92. The molecule has 0 radical (unpaired) electrons. The summed E-state index contributed by atoms with van der Waals surface area (Å²) >= 11 is 0. The van der Waals surface area contributed by atoms with E-state index in [2.05, 4.69) is 4.74 Å². The summed E-state index contributed by atoms with van der Waals surface area (Å²) in [6.07, 6.45) is 5.07. The molecule has 1 aromatic carbocycles. The zero-order valence-electron chi connectivity index (χ0n) is 12.1. The summed E-state index contributed by atoms with van der Waals surface area (Å²) in [5.74, 6) is 0.967. The van der Waals surface area contributed by atoms with Gasteiger partial charge >= 0.3 is 5.97 Å². The first-order valence-corrected chi connectivity index (χ1v) is 6.25. The molecule has 0 saturated heterocycles. The molecule has 0 N–H and O–H groups in total. The molecule has 21 heavy (non-hydrogen) atoms. The van der Waals surface area contributed by atoms with Gasteiger partial charge in [0.1, 0.15) is 0 Å². The summed E-state index contributed by atoms with van der Waals surface area (Å²) < 4.78 is 20.2. The molecule has 0 atom stereocenters. The minimum Gasteiger partial charge on any atom is -0.493 e. The van der Waals surface area contributed by atoms with Crippen molar-refractivity contribution in [1.82, 2.24) is 0 Å². The first-order chi connectivity index (χ1) is 10.2. The quantitative estimate of drug-likeness (QED) is 0.790. The SMILES string of the molecule is COC(=O)c1occc1C=Cc1ccc(OC)c(OC)c1. The van der Waals surface area contributed by atoms with Gasteiger partial charge in [-0.15, -0.1) is 0 Å². The number of furan rings is 1. The summed E-state index contributed by atoms with van der Waals surface area (Å²) in [6, 6.07) is 7.24. The summed E-state index contributed by atoms with van der Waals surface area (Å²) in [4.78, 5) is 11.5. The second-order valence-electron chi connectivity index (χ2n) is 4.14. The van der Waals surface area contributed by atoms with Crippen molar-refractivity contribution in [3.05, 3.63) is 47.4 Å². The first kappa shape index (κ1) is 14.7. The molecule has 1 heterocycles. The molecule has 0 bridgehead atoms. The van der Waals surface area contributed by atoms with Gasteiger partial charge in [-0.2, -0.15) is 0 Å². The Morgan fingerprint density at radius 2 is 1.81 bits per heavy atom. The minimum atomic E-state index is -0.507. The van der Waals surface area contributed by atoms with Gasteiger partial charge in [-0.25, -0.2) is 4.79 Å². The van der Waals surface area contributed by atoms with Gasteiger partial charge < -0.3 is 18.6 Å². The second-order valence-corrected chi connectivity index (χ2v) is 4.14. The van der Waals surface area contributed by atoms with E-state index in [1.165, 1.54) is 13.4 Å². The van der Waals surface area contributed by atoms with Crippen molar-refractivity contribution >= 4 is 18.1 Å². The Morgan fingerprint density at radius 3 is 2.48 bits per heavy atom. The third-order valence-corrected chi connectivity index (χ3v) is 2.93. The van der Waals surface area contributed by atoms with Crippen molar-refractivity contribution in [3.63, 3.8) is 0 Å². The fourth-order valence-electron chi connectivity index (χ4n) is 1.85. The van der Waals surface area contributed by atoms with Crippen LogP contribution in [0.1, 0.15) is 21.7 Å². The van der Waals surface area contributed by atoms with E-state index in [9.17, 15) is 4.79 Å². The molecule has 2 rings (SSSR count). The van der Waals surface area contributed by atoms with Crippen molar-refractivity contribution in [1.29, 1.82) is 0 Å². The first-order valence-electron chi connectivity index (χ1n) is 6.25. The van der Waals surface area contributed by atoms with E-state index >= 15 is 0 Å². The van der Waals surface area contributed by atoms with Crippen LogP contribution in [0.25, 0.3) is 12.2 Å². The van der Waals surface area contributed by atoms with Crippen LogP contribution in [0.5, 0.6) is 11.5 Å². The number of esters is 1. The zero-order valence-corrected chi connectivity index (χ0v) is 12.1. The Bertz CT molecular complexity index is 654. The summed E-state index contributed by atoms with van der Waals surface area (Å²) in [7, 11) is 4.48. The van der Waals surface area contributed by atoms with Crippen LogP contribution >= 0.6 is 0 Å². The molecule has 110 valence electrons. The fourth-order valence-corrected chi connectivity index (χ4v) is 1.85. The lowest BCUT2D eigenvalue weighted by Crippen LogP contribution is -2.00. The zero-order chi connectivity index (χ0) is 15.2. The van der Waals surface area contributed by atoms with Crippen LogP contribution in [0.4, 0.5) is 0 Å². The third kappa shape index (κ3) is 3.25. The lowest BCUT2D eigenvalue weighted by molar-refractivity contribution is 0.0565. The van der Waals surface area contributed by atoms with E-state index in [1.807, 2.05) is 24.3 Å². The topological polar surface area (TPSA) is 57.9 Å². The minimum absolute atomic E-state index is 0.175. The molecule has 0 aliphatic heterocycles. The largest absolute Gasteiger partial charge is 0.493 e. The van der Waals surface area contributed by atoms with Gasteiger partial charge in [0.2, 0.25) is 5.76 Å². The summed E-state index contributed by atoms with van der Waals surface area (Å²) in [6.45, 7) is 0. The average Bonchev–Trinajstić information content (AvgIpc) is 3.00. The van der Waals surface area contributed by atoms with E-state index in [1.54, 1.807) is 26.4 Å². The van der Waals surface area contributed by atoms with Gasteiger partial charge in [0.15, 0.2) is 11.5 Å². The van der Waals surface area contributed by atoms with Crippen LogP contribution in [0.3, 0.4) is 0 Å². The number of hydrogen-bond donors (Lipinski definition) is 0. The normalized spacial score (nSPS) is 10.6. The number of methoxy groups -OCH3 is 3. The smallest absolute Gasteiger partial charge is 0.374 e. The lowest BCUT2D eigenvalue weighted by Gasteiger charge is -2.07. The van der Waals surface area contributed by atoms with Gasteiger partial charge in [-0.05, 0) is 23.8 Å². The highest BCUT2D eigenvalue weighted by Gasteiger charge is 2.13. The molecule has 0 saturated carbocycles. The van der Waals surface area contributed by atoms with Crippen LogP contribution in [0, 0.1) is 0 Å². The van der Waals surface area contributed by atoms with E-state index < -0.39 is 5.97 Å². The monoisotopic (exact) mass is 288 g/mol. The van der Waals surface area contributed by atoms with E-state index in [4.69, 9.17) is 13.9 Å². The fraction of sp³-hybridized carbons (Fsp3) is 0.188. The van der Waals surface area contributed by atoms with Gasteiger partial charge in [0, 0.05) is 5.56 Å². The predicted octanol–water partition coefficient (Wildman–Crippen LogP) is 3.25. The summed E-state index contributed by atoms with van der Waals surface area (Å²) in [5, 5.41) is 0. The lowest BCUT2D eigenvalue weighted by atomic mass is 10.1. The molecule has 0 unspecified atom stereocenters. The highest BCUT2D eigenvalue weighted by Crippen LogP contribution is 2.28. The van der Waals surface area contributed by atoms with Crippen molar-refractivity contribution in [2.24, 2.45) is 0 Å². The Morgan fingerprint density at radius 1 is 1.05 bits per heavy atom. The Hall–Kier alpha value is -2.69. The molecule has 0 fully saturated rings. The third-order valence-electron chi connectivity index (χ3n) is 2.93. The molecule has 0 amide bonds. The van der Waals surface area contributed by atoms with Crippen molar-refractivity contribution in [2.75, 3.05) is 21.3 Å². The van der Waals surface area contributed by atoms with Crippen molar-refractivity contribution < 1.29 is 23.4 Å². The van der Waals surface area contributed by atoms with Gasteiger partial charge in [-0.1, -0.05) is 18.2 Å². The van der Waals surface area contributed by atoms with Crippen LogP contribution < -0.4 is 9.47 Å². The number of rotatable bonds is 5. The number of benzene rings is 1. The molecule has 1 aromatic heterocycles. The molecular weight excluding hydrogens is 272 g/mol. The maximum absolute atomic E-state index is 11.5. The number of hydrogen-bond acceptors (Lipinski definition) is 5. The number of carbonyl (C=O) groups excluding carboxylic acids is 1. The van der Waals surface area contributed by atoms with Crippen LogP contribution in [0.15, 0.2) is 34.9 Å². The van der Waals surface area contributed by atoms with Crippen molar-refractivity contribution in [2.45, 2.75) is 0 Å². The molecule has 0 spiro atoms. The van der Waals surface area contributed by atoms with Gasteiger partial charge in [-0.3, -0.25) is 0 Å². The molecular formula is C16H16O5. The Kier molecular flexibility index (Phi) is 4.66. The van der Waals surface area contributed by atoms with Gasteiger partial charge in [0.25, 0.3) is 0 Å².